The quantitative estimate of drug-likeness (QED) is 0.225. The fourth-order valence-corrected chi connectivity index (χ4v) is 4.08. The van der Waals surface area contributed by atoms with Crippen molar-refractivity contribution in [3.63, 3.8) is 0 Å². The molecular formula is C29H37FO4. The van der Waals surface area contributed by atoms with Gasteiger partial charge in [-0.25, -0.2) is 9.18 Å². The van der Waals surface area contributed by atoms with E-state index in [-0.39, 0.29) is 11.1 Å². The second-order valence-electron chi connectivity index (χ2n) is 8.87. The third-order valence-electron chi connectivity index (χ3n) is 6.14. The number of unbranched alkanes of at least 4 members (excludes halogenated alkanes) is 5. The Morgan fingerprint density at radius 3 is 2.26 bits per heavy atom. The average Bonchev–Trinajstić information content (AvgIpc) is 2.84. The standard InChI is InChI=1S/C29H37FO4/c1-3-4-20-33-26-18-16-24-21-25(34-29(31)27(24)28(26)30)17-15-23-13-11-22(12-14-23)10-8-6-5-7-9-19-32-2/h11-14,16,18,21H,3-10,15,17,19-20H2,1-2H3. The van der Waals surface area contributed by atoms with Crippen LogP contribution in [0.4, 0.5) is 4.39 Å². The fourth-order valence-electron chi connectivity index (χ4n) is 4.08. The Bertz CT molecular complexity index is 1070. The molecule has 0 bridgehead atoms. The Morgan fingerprint density at radius 1 is 0.824 bits per heavy atom. The Hall–Kier alpha value is -2.66. The molecule has 0 saturated carbocycles. The summed E-state index contributed by atoms with van der Waals surface area (Å²) in [5.41, 5.74) is 1.89. The summed E-state index contributed by atoms with van der Waals surface area (Å²) < 4.78 is 30.8. The van der Waals surface area contributed by atoms with E-state index in [4.69, 9.17) is 13.9 Å². The van der Waals surface area contributed by atoms with Crippen molar-refractivity contribution in [2.75, 3.05) is 20.3 Å². The molecule has 0 amide bonds. The molecule has 0 radical (unpaired) electrons. The molecule has 3 rings (SSSR count). The molecule has 0 atom stereocenters. The lowest BCUT2D eigenvalue weighted by molar-refractivity contribution is 0.192. The Labute approximate surface area is 202 Å². The molecule has 4 nitrogen and oxygen atoms in total. The fraction of sp³-hybridized carbons (Fsp3) is 0.483. The van der Waals surface area contributed by atoms with Gasteiger partial charge in [0, 0.05) is 20.1 Å². The summed E-state index contributed by atoms with van der Waals surface area (Å²) in [7, 11) is 1.75. The van der Waals surface area contributed by atoms with Crippen molar-refractivity contribution in [1.29, 1.82) is 0 Å². The van der Waals surface area contributed by atoms with Gasteiger partial charge in [0.25, 0.3) is 0 Å². The van der Waals surface area contributed by atoms with Crippen molar-refractivity contribution in [3.8, 4) is 5.75 Å². The van der Waals surface area contributed by atoms with Gasteiger partial charge in [0.1, 0.15) is 11.1 Å². The lowest BCUT2D eigenvalue weighted by Gasteiger charge is -2.09. The topological polar surface area (TPSA) is 48.7 Å². The maximum Gasteiger partial charge on any atom is 0.346 e. The average molecular weight is 469 g/mol. The van der Waals surface area contributed by atoms with E-state index < -0.39 is 11.4 Å². The third-order valence-corrected chi connectivity index (χ3v) is 6.14. The van der Waals surface area contributed by atoms with Gasteiger partial charge in [-0.05, 0) is 60.7 Å². The van der Waals surface area contributed by atoms with Crippen molar-refractivity contribution in [2.45, 2.75) is 71.1 Å². The molecule has 0 fully saturated rings. The number of halogens is 1. The van der Waals surface area contributed by atoms with Gasteiger partial charge in [-0.15, -0.1) is 0 Å². The van der Waals surface area contributed by atoms with Crippen LogP contribution in [0, 0.1) is 5.82 Å². The molecule has 0 aliphatic rings. The lowest BCUT2D eigenvalue weighted by Crippen LogP contribution is -2.07. The summed E-state index contributed by atoms with van der Waals surface area (Å²) >= 11 is 0. The van der Waals surface area contributed by atoms with Crippen LogP contribution in [0.3, 0.4) is 0 Å². The zero-order chi connectivity index (χ0) is 24.2. The van der Waals surface area contributed by atoms with Gasteiger partial charge < -0.3 is 13.9 Å². The molecular weight excluding hydrogens is 431 g/mol. The molecule has 0 unspecified atom stereocenters. The smallest absolute Gasteiger partial charge is 0.346 e. The number of ether oxygens (including phenoxy) is 2. The van der Waals surface area contributed by atoms with E-state index in [1.807, 2.05) is 6.92 Å². The Kier molecular flexibility index (Phi) is 10.6. The molecule has 34 heavy (non-hydrogen) atoms. The molecule has 0 aliphatic carbocycles. The molecule has 184 valence electrons. The van der Waals surface area contributed by atoms with E-state index in [2.05, 4.69) is 24.3 Å². The summed E-state index contributed by atoms with van der Waals surface area (Å²) in [5.74, 6) is 0.0285. The van der Waals surface area contributed by atoms with Crippen molar-refractivity contribution in [3.05, 3.63) is 75.6 Å². The van der Waals surface area contributed by atoms with Crippen LogP contribution in [0.25, 0.3) is 10.8 Å². The number of benzene rings is 2. The molecule has 1 aromatic heterocycles. The van der Waals surface area contributed by atoms with E-state index in [1.165, 1.54) is 36.8 Å². The Balaban J connectivity index is 1.52. The third kappa shape index (κ3) is 7.69. The van der Waals surface area contributed by atoms with Crippen molar-refractivity contribution < 1.29 is 18.3 Å². The zero-order valence-corrected chi connectivity index (χ0v) is 20.5. The molecule has 2 aromatic carbocycles. The predicted octanol–water partition coefficient (Wildman–Crippen LogP) is 7.04. The minimum absolute atomic E-state index is 0.0409. The number of aryl methyl sites for hydroxylation is 3. The maximum absolute atomic E-state index is 14.8. The van der Waals surface area contributed by atoms with Crippen LogP contribution >= 0.6 is 0 Å². The van der Waals surface area contributed by atoms with Crippen LogP contribution in [0.5, 0.6) is 5.75 Å². The van der Waals surface area contributed by atoms with Gasteiger partial charge in [-0.2, -0.15) is 0 Å². The summed E-state index contributed by atoms with van der Waals surface area (Å²) in [5, 5.41) is 0.505. The molecule has 1 heterocycles. The van der Waals surface area contributed by atoms with E-state index >= 15 is 0 Å². The van der Waals surface area contributed by atoms with Crippen LogP contribution < -0.4 is 10.4 Å². The van der Waals surface area contributed by atoms with Gasteiger partial charge in [-0.1, -0.05) is 62.9 Å². The first-order valence-electron chi connectivity index (χ1n) is 12.6. The minimum atomic E-state index is -0.650. The highest BCUT2D eigenvalue weighted by atomic mass is 19.1. The van der Waals surface area contributed by atoms with Gasteiger partial charge >= 0.3 is 5.63 Å². The summed E-state index contributed by atoms with van der Waals surface area (Å²) in [6.45, 7) is 3.32. The van der Waals surface area contributed by atoms with Gasteiger partial charge in [0.2, 0.25) is 0 Å². The highest BCUT2D eigenvalue weighted by Crippen LogP contribution is 2.25. The van der Waals surface area contributed by atoms with Crippen LogP contribution in [0.1, 0.15) is 68.8 Å². The van der Waals surface area contributed by atoms with E-state index in [0.29, 0.717) is 24.2 Å². The molecule has 3 aromatic rings. The molecule has 0 saturated heterocycles. The number of methoxy groups -OCH3 is 1. The highest BCUT2D eigenvalue weighted by molar-refractivity contribution is 5.83. The van der Waals surface area contributed by atoms with Gasteiger partial charge in [-0.3, -0.25) is 0 Å². The second-order valence-corrected chi connectivity index (χ2v) is 8.87. The first-order chi connectivity index (χ1) is 16.6. The number of rotatable bonds is 15. The first-order valence-corrected chi connectivity index (χ1v) is 12.6. The Morgan fingerprint density at radius 2 is 1.53 bits per heavy atom. The zero-order valence-electron chi connectivity index (χ0n) is 20.5. The molecule has 0 spiro atoms. The largest absolute Gasteiger partial charge is 0.490 e. The number of hydrogen-bond acceptors (Lipinski definition) is 4. The van der Waals surface area contributed by atoms with Crippen LogP contribution in [0.2, 0.25) is 0 Å². The molecule has 0 N–H and O–H groups in total. The second kappa shape index (κ2) is 13.9. The van der Waals surface area contributed by atoms with Gasteiger partial charge in [0.05, 0.1) is 6.61 Å². The summed E-state index contributed by atoms with van der Waals surface area (Å²) in [6, 6.07) is 13.7. The monoisotopic (exact) mass is 468 g/mol. The van der Waals surface area contributed by atoms with Crippen LogP contribution in [0.15, 0.2) is 51.7 Å². The SMILES string of the molecule is CCCCOc1ccc2cc(CCc3ccc(CCCCCCCOC)cc3)oc(=O)c2c1F. The van der Waals surface area contributed by atoms with Crippen molar-refractivity contribution >= 4 is 10.8 Å². The molecule has 0 aliphatic heterocycles. The summed E-state index contributed by atoms with van der Waals surface area (Å²) in [4.78, 5) is 12.5. The molecule has 5 heteroatoms. The lowest BCUT2D eigenvalue weighted by atomic mass is 10.0. The maximum atomic E-state index is 14.8. The summed E-state index contributed by atoms with van der Waals surface area (Å²) in [6.07, 6.45) is 10.3. The number of hydrogen-bond donors (Lipinski definition) is 0. The van der Waals surface area contributed by atoms with Crippen LogP contribution in [-0.4, -0.2) is 20.3 Å². The van der Waals surface area contributed by atoms with E-state index in [0.717, 1.165) is 38.7 Å². The highest BCUT2D eigenvalue weighted by Gasteiger charge is 2.14. The predicted molar refractivity (Wildman–Crippen MR) is 135 cm³/mol. The van der Waals surface area contributed by atoms with E-state index in [1.54, 1.807) is 25.3 Å². The first kappa shape index (κ1) is 26.0. The van der Waals surface area contributed by atoms with Crippen molar-refractivity contribution in [1.82, 2.24) is 0 Å². The van der Waals surface area contributed by atoms with Crippen LogP contribution in [-0.2, 0) is 24.0 Å². The van der Waals surface area contributed by atoms with Crippen molar-refractivity contribution in [2.24, 2.45) is 0 Å². The normalized spacial score (nSPS) is 11.3. The van der Waals surface area contributed by atoms with E-state index in [9.17, 15) is 9.18 Å². The van der Waals surface area contributed by atoms with Gasteiger partial charge in [0.15, 0.2) is 11.6 Å². The number of fused-ring (bicyclic) bond motifs is 1. The minimum Gasteiger partial charge on any atom is -0.490 e.